The molecule has 1 amide bonds. The molecule has 0 atom stereocenters. The van der Waals surface area contributed by atoms with Crippen LogP contribution in [0, 0.1) is 0 Å². The van der Waals surface area contributed by atoms with Gasteiger partial charge in [0.2, 0.25) is 10.0 Å². The third kappa shape index (κ3) is 4.16. The maximum atomic E-state index is 12.7. The quantitative estimate of drug-likeness (QED) is 0.774. The highest BCUT2D eigenvalue weighted by Crippen LogP contribution is 2.23. The lowest BCUT2D eigenvalue weighted by Gasteiger charge is -2.17. The summed E-state index contributed by atoms with van der Waals surface area (Å²) in [7, 11) is -1.85. The van der Waals surface area contributed by atoms with Crippen LogP contribution in [0.3, 0.4) is 0 Å². The zero-order valence-corrected chi connectivity index (χ0v) is 17.5. The summed E-state index contributed by atoms with van der Waals surface area (Å²) in [6, 6.07) is 5.35. The summed E-state index contributed by atoms with van der Waals surface area (Å²) in [6.07, 6.45) is 7.39. The molecule has 9 heteroatoms. The van der Waals surface area contributed by atoms with Crippen molar-refractivity contribution >= 4 is 21.7 Å². The second kappa shape index (κ2) is 8.16. The maximum absolute atomic E-state index is 12.7. The number of carbonyl (C=O) groups is 1. The molecule has 156 valence electrons. The minimum atomic E-state index is -3.54. The van der Waals surface area contributed by atoms with Crippen molar-refractivity contribution in [2.75, 3.05) is 31.1 Å². The number of amides is 1. The lowest BCUT2D eigenvalue weighted by Crippen LogP contribution is -2.27. The molecule has 2 fully saturated rings. The third-order valence-corrected chi connectivity index (χ3v) is 7.47. The smallest absolute Gasteiger partial charge is 0.268 e. The van der Waals surface area contributed by atoms with Crippen LogP contribution < -0.4 is 10.2 Å². The van der Waals surface area contributed by atoms with Crippen LogP contribution in [0.2, 0.25) is 0 Å². The van der Waals surface area contributed by atoms with Crippen LogP contribution in [0.4, 0.5) is 5.82 Å². The van der Waals surface area contributed by atoms with Crippen molar-refractivity contribution < 1.29 is 13.2 Å². The van der Waals surface area contributed by atoms with E-state index in [1.165, 1.54) is 29.4 Å². The standard InChI is InChI=1S/C20H27N5O3S/c1-23-15-17(29(27,28)25-10-4-5-11-25)13-18(23)20(26)22-14-16-6-7-21-19(12-16)24-8-2-3-9-24/h6-7,12-13,15H,2-5,8-11,14H2,1H3,(H,22,26). The zero-order valence-electron chi connectivity index (χ0n) is 16.7. The van der Waals surface area contributed by atoms with Gasteiger partial charge in [-0.05, 0) is 49.4 Å². The predicted molar refractivity (Wildman–Crippen MR) is 110 cm³/mol. The number of sulfonamides is 1. The number of hydrogen-bond acceptors (Lipinski definition) is 5. The molecule has 2 aliphatic heterocycles. The van der Waals surface area contributed by atoms with Crippen molar-refractivity contribution in [2.45, 2.75) is 37.1 Å². The van der Waals surface area contributed by atoms with Gasteiger partial charge in [-0.15, -0.1) is 0 Å². The van der Waals surface area contributed by atoms with Crippen LogP contribution >= 0.6 is 0 Å². The van der Waals surface area contributed by atoms with E-state index in [9.17, 15) is 13.2 Å². The Balaban J connectivity index is 1.44. The molecule has 0 saturated carbocycles. The largest absolute Gasteiger partial charge is 0.357 e. The molecule has 4 rings (SSSR count). The van der Waals surface area contributed by atoms with Crippen molar-refractivity contribution in [3.05, 3.63) is 41.9 Å². The molecule has 29 heavy (non-hydrogen) atoms. The van der Waals surface area contributed by atoms with E-state index in [2.05, 4.69) is 15.2 Å². The van der Waals surface area contributed by atoms with Gasteiger partial charge in [-0.1, -0.05) is 0 Å². The Morgan fingerprint density at radius 2 is 1.79 bits per heavy atom. The number of anilines is 1. The average molecular weight is 418 g/mol. The summed E-state index contributed by atoms with van der Waals surface area (Å²) >= 11 is 0. The molecule has 4 heterocycles. The fourth-order valence-corrected chi connectivity index (χ4v) is 5.53. The summed E-state index contributed by atoms with van der Waals surface area (Å²) in [5.41, 5.74) is 1.30. The fraction of sp³-hybridized carbons (Fsp3) is 0.500. The monoisotopic (exact) mass is 417 g/mol. The SMILES string of the molecule is Cn1cc(S(=O)(=O)N2CCCC2)cc1C(=O)NCc1ccnc(N2CCCC2)c1. The number of rotatable bonds is 6. The molecule has 0 bridgehead atoms. The van der Waals surface area contributed by atoms with Crippen molar-refractivity contribution in [3.63, 3.8) is 0 Å². The van der Waals surface area contributed by atoms with Gasteiger partial charge < -0.3 is 14.8 Å². The fourth-order valence-electron chi connectivity index (χ4n) is 3.94. The van der Waals surface area contributed by atoms with Crippen LogP contribution in [0.5, 0.6) is 0 Å². The van der Waals surface area contributed by atoms with Crippen LogP contribution in [0.25, 0.3) is 0 Å². The number of nitrogens with zero attached hydrogens (tertiary/aromatic N) is 4. The lowest BCUT2D eigenvalue weighted by atomic mass is 10.2. The van der Waals surface area contributed by atoms with E-state index in [-0.39, 0.29) is 10.8 Å². The Hall–Kier alpha value is -2.39. The molecular formula is C20H27N5O3S. The van der Waals surface area contributed by atoms with Gasteiger partial charge in [0.25, 0.3) is 5.91 Å². The molecule has 0 unspecified atom stereocenters. The molecule has 1 N–H and O–H groups in total. The Morgan fingerprint density at radius 3 is 2.52 bits per heavy atom. The van der Waals surface area contributed by atoms with Gasteiger partial charge in [-0.2, -0.15) is 4.31 Å². The first-order valence-corrected chi connectivity index (χ1v) is 11.5. The molecule has 2 aromatic heterocycles. The van der Waals surface area contributed by atoms with Crippen molar-refractivity contribution in [1.82, 2.24) is 19.2 Å². The first-order chi connectivity index (χ1) is 13.9. The highest BCUT2D eigenvalue weighted by molar-refractivity contribution is 7.89. The zero-order chi connectivity index (χ0) is 20.4. The van der Waals surface area contributed by atoms with Crippen LogP contribution in [0.1, 0.15) is 41.7 Å². The minimum absolute atomic E-state index is 0.173. The Kier molecular flexibility index (Phi) is 5.60. The average Bonchev–Trinajstić information content (AvgIpc) is 3.48. The van der Waals surface area contributed by atoms with Crippen LogP contribution in [-0.2, 0) is 23.6 Å². The number of aryl methyl sites for hydroxylation is 1. The lowest BCUT2D eigenvalue weighted by molar-refractivity contribution is 0.0942. The molecule has 2 saturated heterocycles. The minimum Gasteiger partial charge on any atom is -0.357 e. The Labute approximate surface area is 171 Å². The summed E-state index contributed by atoms with van der Waals surface area (Å²) in [6.45, 7) is 3.47. The van der Waals surface area contributed by atoms with E-state index in [1.54, 1.807) is 17.8 Å². The van der Waals surface area contributed by atoms with E-state index in [0.29, 0.717) is 25.3 Å². The molecule has 8 nitrogen and oxygen atoms in total. The summed E-state index contributed by atoms with van der Waals surface area (Å²) < 4.78 is 28.5. The summed E-state index contributed by atoms with van der Waals surface area (Å²) in [5.74, 6) is 0.641. The van der Waals surface area contributed by atoms with Crippen molar-refractivity contribution in [1.29, 1.82) is 0 Å². The van der Waals surface area contributed by atoms with Crippen LogP contribution in [-0.4, -0.2) is 54.4 Å². The van der Waals surface area contributed by atoms with Gasteiger partial charge in [0.15, 0.2) is 0 Å². The van der Waals surface area contributed by atoms with Gasteiger partial charge in [0, 0.05) is 52.2 Å². The molecular weight excluding hydrogens is 390 g/mol. The highest BCUT2D eigenvalue weighted by atomic mass is 32.2. The first kappa shape index (κ1) is 19.9. The molecule has 2 aromatic rings. The van der Waals surface area contributed by atoms with Gasteiger partial charge in [0.1, 0.15) is 16.4 Å². The number of pyridine rings is 1. The predicted octanol–water partition coefficient (Wildman–Crippen LogP) is 1.73. The van der Waals surface area contributed by atoms with Gasteiger partial charge in [-0.25, -0.2) is 13.4 Å². The number of aromatic nitrogens is 2. The topological polar surface area (TPSA) is 87.5 Å². The molecule has 0 aromatic carbocycles. The van der Waals surface area contributed by atoms with E-state index in [1.807, 2.05) is 12.1 Å². The molecule has 0 radical (unpaired) electrons. The molecule has 0 spiro atoms. The Bertz CT molecular complexity index is 989. The number of hydrogen-bond donors (Lipinski definition) is 1. The first-order valence-electron chi connectivity index (χ1n) is 10.1. The number of carbonyl (C=O) groups excluding carboxylic acids is 1. The van der Waals surface area contributed by atoms with Crippen LogP contribution in [0.15, 0.2) is 35.5 Å². The maximum Gasteiger partial charge on any atom is 0.268 e. The normalized spacial score (nSPS) is 17.8. The van der Waals surface area contributed by atoms with Crippen molar-refractivity contribution in [3.8, 4) is 0 Å². The van der Waals surface area contributed by atoms with E-state index in [4.69, 9.17) is 0 Å². The molecule has 0 aliphatic carbocycles. The van der Waals surface area contributed by atoms with Crippen molar-refractivity contribution in [2.24, 2.45) is 7.05 Å². The Morgan fingerprint density at radius 1 is 1.10 bits per heavy atom. The van der Waals surface area contributed by atoms with Gasteiger partial charge in [0.05, 0.1) is 0 Å². The highest BCUT2D eigenvalue weighted by Gasteiger charge is 2.29. The summed E-state index contributed by atoms with van der Waals surface area (Å²) in [5, 5.41) is 2.89. The summed E-state index contributed by atoms with van der Waals surface area (Å²) in [4.78, 5) is 19.5. The second-order valence-electron chi connectivity index (χ2n) is 7.68. The van der Waals surface area contributed by atoms with Gasteiger partial charge in [-0.3, -0.25) is 4.79 Å². The second-order valence-corrected chi connectivity index (χ2v) is 9.62. The van der Waals surface area contributed by atoms with E-state index < -0.39 is 10.0 Å². The third-order valence-electron chi connectivity index (χ3n) is 5.61. The van der Waals surface area contributed by atoms with Gasteiger partial charge >= 0.3 is 0 Å². The number of nitrogens with one attached hydrogen (secondary N) is 1. The molecule has 2 aliphatic rings. The van der Waals surface area contributed by atoms with E-state index in [0.717, 1.165) is 37.3 Å². The van der Waals surface area contributed by atoms with E-state index >= 15 is 0 Å².